The van der Waals surface area contributed by atoms with Crippen LogP contribution in [0.25, 0.3) is 11.3 Å². The maximum Gasteiger partial charge on any atom is 0.224 e. The maximum atomic E-state index is 12.0. The zero-order chi connectivity index (χ0) is 14.8. The molecule has 1 aliphatic rings. The molecule has 110 valence electrons. The number of carbonyl (C=O) groups is 1. The third-order valence-electron chi connectivity index (χ3n) is 3.37. The number of thioether (sulfide) groups is 1. The number of anilines is 1. The van der Waals surface area contributed by atoms with E-state index in [1.807, 2.05) is 38.1 Å². The van der Waals surface area contributed by atoms with Gasteiger partial charge in [-0.1, -0.05) is 43.8 Å². The number of nitrogens with zero attached hydrogens (tertiary/aromatic N) is 2. The normalized spacial score (nSPS) is 13.5. The molecule has 1 N–H and O–H groups in total. The van der Waals surface area contributed by atoms with Gasteiger partial charge in [-0.05, 0) is 12.0 Å². The predicted octanol–water partition coefficient (Wildman–Crippen LogP) is 3.64. The number of nitrogens with one attached hydrogen (secondary N) is 1. The third kappa shape index (κ3) is 3.13. The monoisotopic (exact) mass is 301 g/mol. The Morgan fingerprint density at radius 3 is 3.00 bits per heavy atom. The van der Waals surface area contributed by atoms with Crippen LogP contribution in [0.4, 0.5) is 5.69 Å². The van der Waals surface area contributed by atoms with E-state index >= 15 is 0 Å². The zero-order valence-electron chi connectivity index (χ0n) is 12.3. The van der Waals surface area contributed by atoms with Crippen molar-refractivity contribution in [1.29, 1.82) is 0 Å². The third-order valence-corrected chi connectivity index (χ3v) is 4.34. The Kier molecular flexibility index (Phi) is 4.01. The molecule has 0 saturated heterocycles. The molecule has 0 spiro atoms. The van der Waals surface area contributed by atoms with Crippen LogP contribution < -0.4 is 5.32 Å². The molecule has 1 aromatic carbocycles. The lowest BCUT2D eigenvalue weighted by molar-refractivity contribution is -0.116. The van der Waals surface area contributed by atoms with Gasteiger partial charge in [-0.2, -0.15) is 0 Å². The molecule has 0 fully saturated rings. The van der Waals surface area contributed by atoms with Crippen molar-refractivity contribution >= 4 is 23.4 Å². The number of rotatable bonds is 4. The fourth-order valence-corrected chi connectivity index (χ4v) is 3.37. The van der Waals surface area contributed by atoms with E-state index in [0.29, 0.717) is 12.3 Å². The van der Waals surface area contributed by atoms with Crippen molar-refractivity contribution in [3.05, 3.63) is 30.5 Å². The number of hydrogen-bond acceptors (Lipinski definition) is 3. The lowest BCUT2D eigenvalue weighted by atomic mass is 10.1. The molecule has 3 rings (SSSR count). The molecule has 0 aliphatic carbocycles. The second-order valence-corrected chi connectivity index (χ2v) is 6.70. The Labute approximate surface area is 129 Å². The van der Waals surface area contributed by atoms with Crippen LogP contribution in [-0.2, 0) is 11.3 Å². The van der Waals surface area contributed by atoms with Crippen LogP contribution in [-0.4, -0.2) is 21.2 Å². The molecule has 21 heavy (non-hydrogen) atoms. The van der Waals surface area contributed by atoms with E-state index in [4.69, 9.17) is 0 Å². The van der Waals surface area contributed by atoms with E-state index in [2.05, 4.69) is 21.1 Å². The lowest BCUT2D eigenvalue weighted by Crippen LogP contribution is -2.14. The molecule has 1 aliphatic heterocycles. The second-order valence-electron chi connectivity index (χ2n) is 5.64. The van der Waals surface area contributed by atoms with Gasteiger partial charge in [0.05, 0.1) is 11.4 Å². The Bertz CT molecular complexity index is 642. The van der Waals surface area contributed by atoms with Gasteiger partial charge in [-0.25, -0.2) is 4.98 Å². The number of para-hydroxylation sites is 1. The minimum absolute atomic E-state index is 0.0542. The van der Waals surface area contributed by atoms with Crippen LogP contribution in [0.1, 0.15) is 20.3 Å². The highest BCUT2D eigenvalue weighted by atomic mass is 32.2. The number of fused-ring (bicyclic) bond motifs is 1. The molecule has 0 radical (unpaired) electrons. The summed E-state index contributed by atoms with van der Waals surface area (Å²) in [6.07, 6.45) is 2.60. The quantitative estimate of drug-likeness (QED) is 0.938. The number of benzene rings is 1. The van der Waals surface area contributed by atoms with Gasteiger partial charge in [0.15, 0.2) is 5.16 Å². The van der Waals surface area contributed by atoms with Crippen molar-refractivity contribution in [2.45, 2.75) is 32.0 Å². The first-order chi connectivity index (χ1) is 10.1. The molecular weight excluding hydrogens is 282 g/mol. The van der Waals surface area contributed by atoms with Gasteiger partial charge in [0.2, 0.25) is 5.91 Å². The number of aryl methyl sites for hydroxylation is 1. The Hall–Kier alpha value is -1.75. The van der Waals surface area contributed by atoms with Crippen LogP contribution in [0, 0.1) is 5.92 Å². The molecule has 2 heterocycles. The van der Waals surface area contributed by atoms with Crippen molar-refractivity contribution in [3.63, 3.8) is 0 Å². The largest absolute Gasteiger partial charge is 0.325 e. The summed E-state index contributed by atoms with van der Waals surface area (Å²) < 4.78 is 2.17. The molecular formula is C16H19N3OS. The van der Waals surface area contributed by atoms with E-state index in [-0.39, 0.29) is 5.91 Å². The molecule has 0 unspecified atom stereocenters. The summed E-state index contributed by atoms with van der Waals surface area (Å²) in [6, 6.07) is 7.86. The van der Waals surface area contributed by atoms with Gasteiger partial charge in [0.1, 0.15) is 0 Å². The molecule has 0 atom stereocenters. The number of hydrogen-bond donors (Lipinski definition) is 1. The Morgan fingerprint density at radius 2 is 2.24 bits per heavy atom. The van der Waals surface area contributed by atoms with Crippen LogP contribution in [0.3, 0.4) is 0 Å². The fourth-order valence-electron chi connectivity index (χ4n) is 2.43. The molecule has 0 saturated carbocycles. The first-order valence-electron chi connectivity index (χ1n) is 7.22. The number of carbonyl (C=O) groups excluding carboxylic acids is 1. The highest BCUT2D eigenvalue weighted by Gasteiger charge is 2.17. The summed E-state index contributed by atoms with van der Waals surface area (Å²) in [6.45, 7) is 5.10. The van der Waals surface area contributed by atoms with Gasteiger partial charge >= 0.3 is 0 Å². The van der Waals surface area contributed by atoms with Crippen molar-refractivity contribution in [3.8, 4) is 11.3 Å². The van der Waals surface area contributed by atoms with E-state index in [0.717, 1.165) is 34.4 Å². The average molecular weight is 301 g/mol. The van der Waals surface area contributed by atoms with Crippen molar-refractivity contribution in [1.82, 2.24) is 9.55 Å². The summed E-state index contributed by atoms with van der Waals surface area (Å²) in [5, 5.41) is 4.07. The lowest BCUT2D eigenvalue weighted by Gasteiger charge is -2.10. The number of aromatic nitrogens is 2. The van der Waals surface area contributed by atoms with Gasteiger partial charge in [-0.15, -0.1) is 0 Å². The highest BCUT2D eigenvalue weighted by molar-refractivity contribution is 7.99. The molecule has 1 amide bonds. The van der Waals surface area contributed by atoms with E-state index in [1.54, 1.807) is 11.8 Å². The van der Waals surface area contributed by atoms with Crippen molar-refractivity contribution in [2.75, 3.05) is 11.1 Å². The average Bonchev–Trinajstić information content (AvgIpc) is 2.98. The Morgan fingerprint density at radius 1 is 1.43 bits per heavy atom. The van der Waals surface area contributed by atoms with Crippen LogP contribution in [0.15, 0.2) is 35.6 Å². The summed E-state index contributed by atoms with van der Waals surface area (Å²) in [5.74, 6) is 1.50. The zero-order valence-corrected chi connectivity index (χ0v) is 13.1. The summed E-state index contributed by atoms with van der Waals surface area (Å²) in [7, 11) is 0. The van der Waals surface area contributed by atoms with Crippen LogP contribution in [0.5, 0.6) is 0 Å². The summed E-state index contributed by atoms with van der Waals surface area (Å²) in [5.41, 5.74) is 2.75. The predicted molar refractivity (Wildman–Crippen MR) is 86.5 cm³/mol. The van der Waals surface area contributed by atoms with Crippen molar-refractivity contribution < 1.29 is 4.79 Å². The SMILES string of the molecule is CC(C)CC(=O)Nc1ccccc1-c1cn2c(n1)SCC2. The fraction of sp³-hybridized carbons (Fsp3) is 0.375. The van der Waals surface area contributed by atoms with Gasteiger partial charge in [0, 0.05) is 30.5 Å². The minimum Gasteiger partial charge on any atom is -0.325 e. The van der Waals surface area contributed by atoms with Crippen LogP contribution in [0.2, 0.25) is 0 Å². The van der Waals surface area contributed by atoms with E-state index < -0.39 is 0 Å². The number of amides is 1. The molecule has 2 aromatic rings. The molecule has 0 bridgehead atoms. The standard InChI is InChI=1S/C16H19N3OS/c1-11(2)9-15(20)17-13-6-4-3-5-12(13)14-10-19-7-8-21-16(19)18-14/h3-6,10-11H,7-9H2,1-2H3,(H,17,20). The maximum absolute atomic E-state index is 12.0. The molecule has 5 heteroatoms. The van der Waals surface area contributed by atoms with Gasteiger partial charge in [0.25, 0.3) is 0 Å². The topological polar surface area (TPSA) is 46.9 Å². The van der Waals surface area contributed by atoms with Gasteiger partial charge in [-0.3, -0.25) is 4.79 Å². The highest BCUT2D eigenvalue weighted by Crippen LogP contribution is 2.32. The smallest absolute Gasteiger partial charge is 0.224 e. The van der Waals surface area contributed by atoms with Gasteiger partial charge < -0.3 is 9.88 Å². The van der Waals surface area contributed by atoms with Crippen molar-refractivity contribution in [2.24, 2.45) is 5.92 Å². The minimum atomic E-state index is 0.0542. The molecule has 1 aromatic heterocycles. The summed E-state index contributed by atoms with van der Waals surface area (Å²) >= 11 is 1.78. The first-order valence-corrected chi connectivity index (χ1v) is 8.21. The van der Waals surface area contributed by atoms with E-state index in [1.165, 1.54) is 0 Å². The van der Waals surface area contributed by atoms with Crippen LogP contribution >= 0.6 is 11.8 Å². The second kappa shape index (κ2) is 5.93. The Balaban J connectivity index is 1.86. The summed E-state index contributed by atoms with van der Waals surface area (Å²) in [4.78, 5) is 16.7. The first kappa shape index (κ1) is 14.2. The molecule has 4 nitrogen and oxygen atoms in total. The number of imidazole rings is 1. The van der Waals surface area contributed by atoms with E-state index in [9.17, 15) is 4.79 Å².